The van der Waals surface area contributed by atoms with Gasteiger partial charge >= 0.3 is 5.97 Å². The number of carboxylic acids is 1. The predicted octanol–water partition coefficient (Wildman–Crippen LogP) is 3.20. The SMILES string of the molecule is Cc1ccc2cc(C(NC3CCCC3)C(=O)O)ccc2n1. The number of fused-ring (bicyclic) bond motifs is 1. The van der Waals surface area contributed by atoms with Crippen molar-refractivity contribution in [1.29, 1.82) is 0 Å². The molecule has 110 valence electrons. The molecule has 1 aromatic heterocycles. The molecule has 1 aliphatic rings. The van der Waals surface area contributed by atoms with E-state index in [0.29, 0.717) is 6.04 Å². The van der Waals surface area contributed by atoms with Gasteiger partial charge in [-0.1, -0.05) is 25.0 Å². The van der Waals surface area contributed by atoms with Crippen LogP contribution in [0.2, 0.25) is 0 Å². The van der Waals surface area contributed by atoms with Crippen LogP contribution in [0.25, 0.3) is 10.9 Å². The number of aryl methyl sites for hydroxylation is 1. The molecule has 0 spiro atoms. The molecule has 21 heavy (non-hydrogen) atoms. The summed E-state index contributed by atoms with van der Waals surface area (Å²) in [6.45, 7) is 1.95. The zero-order valence-corrected chi connectivity index (χ0v) is 12.2. The van der Waals surface area contributed by atoms with E-state index in [1.165, 1.54) is 12.8 Å². The first-order chi connectivity index (χ1) is 10.1. The minimum Gasteiger partial charge on any atom is -0.480 e. The fourth-order valence-corrected chi connectivity index (χ4v) is 3.06. The van der Waals surface area contributed by atoms with Crippen LogP contribution in [-0.4, -0.2) is 22.1 Å². The molecule has 3 rings (SSSR count). The van der Waals surface area contributed by atoms with Gasteiger partial charge in [0.2, 0.25) is 0 Å². The molecule has 1 heterocycles. The molecule has 0 aliphatic heterocycles. The molecule has 1 unspecified atom stereocenters. The maximum atomic E-state index is 11.6. The van der Waals surface area contributed by atoms with Crippen molar-refractivity contribution in [3.8, 4) is 0 Å². The summed E-state index contributed by atoms with van der Waals surface area (Å²) in [6.07, 6.45) is 4.51. The number of aromatic nitrogens is 1. The Hall–Kier alpha value is -1.94. The van der Waals surface area contributed by atoms with Gasteiger partial charge in [0, 0.05) is 17.1 Å². The monoisotopic (exact) mass is 284 g/mol. The summed E-state index contributed by atoms with van der Waals surface area (Å²) in [5, 5.41) is 13.8. The van der Waals surface area contributed by atoms with Crippen molar-refractivity contribution in [2.24, 2.45) is 0 Å². The van der Waals surface area contributed by atoms with Crippen LogP contribution in [0.1, 0.15) is 43.0 Å². The third-order valence-corrected chi connectivity index (χ3v) is 4.19. The molecule has 0 saturated heterocycles. The van der Waals surface area contributed by atoms with Crippen molar-refractivity contribution < 1.29 is 9.90 Å². The Balaban J connectivity index is 1.91. The zero-order valence-electron chi connectivity index (χ0n) is 12.2. The lowest BCUT2D eigenvalue weighted by molar-refractivity contribution is -0.139. The van der Waals surface area contributed by atoms with Crippen LogP contribution < -0.4 is 5.32 Å². The number of aliphatic carboxylic acids is 1. The van der Waals surface area contributed by atoms with E-state index in [1.807, 2.05) is 37.3 Å². The number of nitrogens with zero attached hydrogens (tertiary/aromatic N) is 1. The Morgan fingerprint density at radius 1 is 1.29 bits per heavy atom. The van der Waals surface area contributed by atoms with E-state index in [4.69, 9.17) is 0 Å². The molecule has 4 nitrogen and oxygen atoms in total. The highest BCUT2D eigenvalue weighted by molar-refractivity contribution is 5.82. The average Bonchev–Trinajstić information content (AvgIpc) is 2.97. The number of benzene rings is 1. The Bertz CT molecular complexity index is 663. The smallest absolute Gasteiger partial charge is 0.325 e. The van der Waals surface area contributed by atoms with Crippen LogP contribution >= 0.6 is 0 Å². The molecular formula is C17H20N2O2. The highest BCUT2D eigenvalue weighted by Gasteiger charge is 2.25. The standard InChI is InChI=1S/C17H20N2O2/c1-11-6-7-12-10-13(8-9-15(12)18-11)16(17(20)21)19-14-4-2-3-5-14/h6-10,14,16,19H,2-5H2,1H3,(H,20,21). The number of nitrogens with one attached hydrogen (secondary N) is 1. The minimum atomic E-state index is -0.818. The van der Waals surface area contributed by atoms with Gasteiger partial charge < -0.3 is 5.11 Å². The summed E-state index contributed by atoms with van der Waals surface area (Å²) in [5.74, 6) is -0.818. The quantitative estimate of drug-likeness (QED) is 0.905. The van der Waals surface area contributed by atoms with Gasteiger partial charge in [-0.25, -0.2) is 0 Å². The molecule has 0 bridgehead atoms. The van der Waals surface area contributed by atoms with Crippen LogP contribution in [0.5, 0.6) is 0 Å². The summed E-state index contributed by atoms with van der Waals surface area (Å²) < 4.78 is 0. The van der Waals surface area contributed by atoms with E-state index in [1.54, 1.807) is 0 Å². The lowest BCUT2D eigenvalue weighted by atomic mass is 10.0. The maximum Gasteiger partial charge on any atom is 0.325 e. The third-order valence-electron chi connectivity index (χ3n) is 4.19. The van der Waals surface area contributed by atoms with Crippen LogP contribution in [0, 0.1) is 6.92 Å². The van der Waals surface area contributed by atoms with E-state index in [2.05, 4.69) is 10.3 Å². The molecule has 1 atom stereocenters. The fraction of sp³-hybridized carbons (Fsp3) is 0.412. The summed E-state index contributed by atoms with van der Waals surface area (Å²) in [7, 11) is 0. The van der Waals surface area contributed by atoms with Crippen LogP contribution in [0.15, 0.2) is 30.3 Å². The third kappa shape index (κ3) is 3.05. The molecule has 1 aromatic carbocycles. The molecule has 1 saturated carbocycles. The van der Waals surface area contributed by atoms with E-state index in [0.717, 1.165) is 35.0 Å². The Kier molecular flexibility index (Phi) is 3.88. The molecule has 2 aromatic rings. The fourth-order valence-electron chi connectivity index (χ4n) is 3.06. The zero-order chi connectivity index (χ0) is 14.8. The molecule has 0 amide bonds. The van der Waals surface area contributed by atoms with Gasteiger partial charge in [0.15, 0.2) is 0 Å². The van der Waals surface area contributed by atoms with Gasteiger partial charge in [0.25, 0.3) is 0 Å². The summed E-state index contributed by atoms with van der Waals surface area (Å²) in [5.41, 5.74) is 2.67. The normalized spacial score (nSPS) is 17.2. The maximum absolute atomic E-state index is 11.6. The molecular weight excluding hydrogens is 264 g/mol. The largest absolute Gasteiger partial charge is 0.480 e. The van der Waals surface area contributed by atoms with Gasteiger partial charge in [-0.05, 0) is 43.5 Å². The molecule has 1 aliphatic carbocycles. The number of carboxylic acid groups (broad SMARTS) is 1. The first-order valence-corrected chi connectivity index (χ1v) is 7.49. The number of pyridine rings is 1. The number of hydrogen-bond acceptors (Lipinski definition) is 3. The topological polar surface area (TPSA) is 62.2 Å². The average molecular weight is 284 g/mol. The summed E-state index contributed by atoms with van der Waals surface area (Å²) in [6, 6.07) is 9.33. The second-order valence-corrected chi connectivity index (χ2v) is 5.82. The van der Waals surface area contributed by atoms with Gasteiger partial charge in [0.05, 0.1) is 5.52 Å². The predicted molar refractivity (Wildman–Crippen MR) is 82.2 cm³/mol. The number of hydrogen-bond donors (Lipinski definition) is 2. The first-order valence-electron chi connectivity index (χ1n) is 7.49. The lowest BCUT2D eigenvalue weighted by Gasteiger charge is -2.20. The molecule has 4 heteroatoms. The lowest BCUT2D eigenvalue weighted by Crippen LogP contribution is -2.35. The Morgan fingerprint density at radius 2 is 2.05 bits per heavy atom. The van der Waals surface area contributed by atoms with Crippen molar-refractivity contribution in [1.82, 2.24) is 10.3 Å². The Labute approximate surface area is 124 Å². The van der Waals surface area contributed by atoms with Crippen molar-refractivity contribution in [3.63, 3.8) is 0 Å². The van der Waals surface area contributed by atoms with E-state index in [-0.39, 0.29) is 0 Å². The van der Waals surface area contributed by atoms with Crippen LogP contribution in [0.4, 0.5) is 0 Å². The second kappa shape index (κ2) is 5.82. The van der Waals surface area contributed by atoms with Gasteiger partial charge in [-0.15, -0.1) is 0 Å². The highest BCUT2D eigenvalue weighted by Crippen LogP contribution is 2.24. The van der Waals surface area contributed by atoms with Crippen LogP contribution in [0.3, 0.4) is 0 Å². The summed E-state index contributed by atoms with van der Waals surface area (Å²) in [4.78, 5) is 16.1. The van der Waals surface area contributed by atoms with Crippen molar-refractivity contribution in [2.75, 3.05) is 0 Å². The highest BCUT2D eigenvalue weighted by atomic mass is 16.4. The van der Waals surface area contributed by atoms with Gasteiger partial charge in [-0.3, -0.25) is 15.1 Å². The molecule has 2 N–H and O–H groups in total. The Morgan fingerprint density at radius 3 is 2.76 bits per heavy atom. The van der Waals surface area contributed by atoms with Crippen molar-refractivity contribution >= 4 is 16.9 Å². The molecule has 0 radical (unpaired) electrons. The van der Waals surface area contributed by atoms with E-state index in [9.17, 15) is 9.90 Å². The van der Waals surface area contributed by atoms with Gasteiger partial charge in [-0.2, -0.15) is 0 Å². The summed E-state index contributed by atoms with van der Waals surface area (Å²) >= 11 is 0. The van der Waals surface area contributed by atoms with Crippen molar-refractivity contribution in [3.05, 3.63) is 41.6 Å². The minimum absolute atomic E-state index is 0.318. The van der Waals surface area contributed by atoms with E-state index < -0.39 is 12.0 Å². The number of carbonyl (C=O) groups is 1. The van der Waals surface area contributed by atoms with Gasteiger partial charge in [0.1, 0.15) is 6.04 Å². The number of rotatable bonds is 4. The van der Waals surface area contributed by atoms with Crippen LogP contribution in [-0.2, 0) is 4.79 Å². The van der Waals surface area contributed by atoms with E-state index >= 15 is 0 Å². The second-order valence-electron chi connectivity index (χ2n) is 5.82. The molecule has 1 fully saturated rings. The first kappa shape index (κ1) is 14.0. The van der Waals surface area contributed by atoms with Crippen molar-refractivity contribution in [2.45, 2.75) is 44.7 Å².